The Labute approximate surface area is 68.4 Å². The summed E-state index contributed by atoms with van der Waals surface area (Å²) in [5, 5.41) is 0. The van der Waals surface area contributed by atoms with E-state index in [1.165, 1.54) is 11.8 Å². The molecule has 0 saturated heterocycles. The van der Waals surface area contributed by atoms with Gasteiger partial charge in [-0.2, -0.15) is 0 Å². The van der Waals surface area contributed by atoms with Crippen LogP contribution in [-0.2, 0) is 0 Å². The van der Waals surface area contributed by atoms with Crippen LogP contribution in [0.2, 0.25) is 0 Å². The fourth-order valence-corrected chi connectivity index (χ4v) is 5.32. The normalized spacial score (nSPS) is 69.8. The molecule has 4 aliphatic rings. The first-order valence-electron chi connectivity index (χ1n) is 5.42. The monoisotopic (exact) mass is 148 g/mol. The van der Waals surface area contributed by atoms with Gasteiger partial charge in [0.05, 0.1) is 0 Å². The van der Waals surface area contributed by atoms with E-state index in [1.807, 2.05) is 0 Å². The van der Waals surface area contributed by atoms with Crippen LogP contribution in [0, 0.1) is 22.7 Å². The van der Waals surface area contributed by atoms with E-state index in [0.29, 0.717) is 0 Å². The molecule has 0 aromatic carbocycles. The number of hydrogen-bond acceptors (Lipinski definition) is 0. The molecule has 0 heterocycles. The van der Waals surface area contributed by atoms with Gasteiger partial charge in [-0.15, -0.1) is 0 Å². The molecule has 0 aliphatic heterocycles. The van der Waals surface area contributed by atoms with Crippen molar-refractivity contribution in [3.8, 4) is 0 Å². The lowest BCUT2D eigenvalue weighted by Gasteiger charge is -2.40. The quantitative estimate of drug-likeness (QED) is 0.495. The van der Waals surface area contributed by atoms with Crippen LogP contribution in [0.5, 0.6) is 0 Å². The highest BCUT2D eigenvalue weighted by atomic mass is 15.0. The Morgan fingerprint density at radius 3 is 2.64 bits per heavy atom. The van der Waals surface area contributed by atoms with Crippen molar-refractivity contribution in [1.82, 2.24) is 0 Å². The van der Waals surface area contributed by atoms with Crippen LogP contribution in [0.15, 0.2) is 0 Å². The van der Waals surface area contributed by atoms with Crippen molar-refractivity contribution in [2.24, 2.45) is 22.7 Å². The van der Waals surface area contributed by atoms with Gasteiger partial charge in [-0.1, -0.05) is 19.3 Å². The van der Waals surface area contributed by atoms with Gasteiger partial charge in [0.25, 0.3) is 0 Å². The topological polar surface area (TPSA) is 0 Å². The molecule has 0 unspecified atom stereocenters. The lowest BCUT2D eigenvalue weighted by Crippen LogP contribution is -2.30. The van der Waals surface area contributed by atoms with Crippen LogP contribution >= 0.6 is 0 Å². The predicted octanol–water partition coefficient (Wildman–Crippen LogP) is 2.98. The van der Waals surface area contributed by atoms with Gasteiger partial charge in [-0.3, -0.25) is 0 Å². The average Bonchev–Trinajstić information content (AvgIpc) is 2.89. The predicted molar refractivity (Wildman–Crippen MR) is 44.2 cm³/mol. The number of rotatable bonds is 0. The molecule has 0 radical (unpaired) electrons. The first-order chi connectivity index (χ1) is 5.42. The van der Waals surface area contributed by atoms with Gasteiger partial charge in [0.1, 0.15) is 0 Å². The standard InChI is InChI=1S/C11H16/c1-2-7-11-8-4-3-6-10(11,5-1)9(8)11/h8-9H,1-7H2/t8-,9-,10+,11-/m1/s1. The summed E-state index contributed by atoms with van der Waals surface area (Å²) in [5.41, 5.74) is 1.98. The maximum Gasteiger partial charge on any atom is -0.0170 e. The molecule has 1 spiro atoms. The van der Waals surface area contributed by atoms with Gasteiger partial charge in [-0.05, 0) is 48.3 Å². The molecule has 4 saturated carbocycles. The van der Waals surface area contributed by atoms with E-state index < -0.39 is 0 Å². The van der Waals surface area contributed by atoms with Crippen LogP contribution in [0.3, 0.4) is 0 Å². The van der Waals surface area contributed by atoms with Crippen LogP contribution in [-0.4, -0.2) is 0 Å². The molecular weight excluding hydrogens is 132 g/mol. The highest BCUT2D eigenvalue weighted by molar-refractivity contribution is 5.41. The van der Waals surface area contributed by atoms with Crippen molar-refractivity contribution >= 4 is 0 Å². The second-order valence-electron chi connectivity index (χ2n) is 5.38. The van der Waals surface area contributed by atoms with Gasteiger partial charge < -0.3 is 0 Å². The van der Waals surface area contributed by atoms with E-state index >= 15 is 0 Å². The van der Waals surface area contributed by atoms with Crippen LogP contribution < -0.4 is 0 Å². The molecule has 60 valence electrons. The largest absolute Gasteiger partial charge is 0.0527 e. The number of hydrogen-bond donors (Lipinski definition) is 0. The Balaban J connectivity index is 1.79. The van der Waals surface area contributed by atoms with E-state index in [0.717, 1.165) is 10.8 Å². The highest BCUT2D eigenvalue weighted by Crippen LogP contribution is 2.99. The van der Waals surface area contributed by atoms with Crippen LogP contribution in [0.25, 0.3) is 0 Å². The van der Waals surface area contributed by atoms with Crippen molar-refractivity contribution in [2.75, 3.05) is 0 Å². The molecule has 4 rings (SSSR count). The minimum Gasteiger partial charge on any atom is -0.0527 e. The second kappa shape index (κ2) is 1.30. The van der Waals surface area contributed by atoms with E-state index in [2.05, 4.69) is 0 Å². The van der Waals surface area contributed by atoms with Crippen LogP contribution in [0.4, 0.5) is 0 Å². The minimum absolute atomic E-state index is 0.980. The summed E-state index contributed by atoms with van der Waals surface area (Å²) >= 11 is 0. The molecule has 0 heteroatoms. The summed E-state index contributed by atoms with van der Waals surface area (Å²) in [6.45, 7) is 0. The Hall–Kier alpha value is 0. The summed E-state index contributed by atoms with van der Waals surface area (Å²) in [6, 6.07) is 0. The highest BCUT2D eigenvalue weighted by Gasteiger charge is 2.93. The molecule has 4 aliphatic carbocycles. The third-order valence-electron chi connectivity index (χ3n) is 5.55. The molecule has 11 heavy (non-hydrogen) atoms. The summed E-state index contributed by atoms with van der Waals surface area (Å²) in [7, 11) is 0. The molecule has 4 atom stereocenters. The lowest BCUT2D eigenvalue weighted by molar-refractivity contribution is 0.0993. The van der Waals surface area contributed by atoms with Crippen LogP contribution in [0.1, 0.15) is 44.9 Å². The number of fused-ring (bicyclic) bond motifs is 1. The van der Waals surface area contributed by atoms with E-state index in [-0.39, 0.29) is 0 Å². The maximum atomic E-state index is 1.63. The van der Waals surface area contributed by atoms with Gasteiger partial charge >= 0.3 is 0 Å². The Kier molecular flexibility index (Phi) is 0.661. The third-order valence-corrected chi connectivity index (χ3v) is 5.55. The SMILES string of the molecule is C1CC[C@]23[C@@H]4CCC[C@@]2(C1)[C@@H]43. The molecule has 4 fully saturated rings. The van der Waals surface area contributed by atoms with Crippen molar-refractivity contribution in [1.29, 1.82) is 0 Å². The molecule has 0 bridgehead atoms. The van der Waals surface area contributed by atoms with E-state index in [1.54, 1.807) is 44.9 Å². The molecule has 0 N–H and O–H groups in total. The zero-order valence-corrected chi connectivity index (χ0v) is 7.10. The fourth-order valence-electron chi connectivity index (χ4n) is 5.32. The van der Waals surface area contributed by atoms with Gasteiger partial charge in [0.15, 0.2) is 0 Å². The lowest BCUT2D eigenvalue weighted by atomic mass is 9.65. The van der Waals surface area contributed by atoms with Gasteiger partial charge in [-0.25, -0.2) is 0 Å². The summed E-state index contributed by atoms with van der Waals surface area (Å²) in [4.78, 5) is 0. The molecule has 0 amide bonds. The third kappa shape index (κ3) is 0.346. The summed E-state index contributed by atoms with van der Waals surface area (Å²) in [6.07, 6.45) is 11.2. The molecule has 0 aromatic rings. The maximum absolute atomic E-state index is 1.63. The smallest absolute Gasteiger partial charge is 0.0170 e. The Morgan fingerprint density at radius 2 is 1.73 bits per heavy atom. The molecule has 0 nitrogen and oxygen atoms in total. The zero-order valence-electron chi connectivity index (χ0n) is 7.10. The molecule has 0 aromatic heterocycles. The molecular formula is C11H16. The van der Waals surface area contributed by atoms with Gasteiger partial charge in [0, 0.05) is 0 Å². The summed E-state index contributed by atoms with van der Waals surface area (Å²) < 4.78 is 0. The first kappa shape index (κ1) is 5.61. The van der Waals surface area contributed by atoms with Crippen molar-refractivity contribution < 1.29 is 0 Å². The summed E-state index contributed by atoms with van der Waals surface area (Å²) in [5.74, 6) is 2.52. The second-order valence-corrected chi connectivity index (χ2v) is 5.38. The Morgan fingerprint density at radius 1 is 0.909 bits per heavy atom. The first-order valence-corrected chi connectivity index (χ1v) is 5.42. The van der Waals surface area contributed by atoms with Crippen molar-refractivity contribution in [3.63, 3.8) is 0 Å². The van der Waals surface area contributed by atoms with E-state index in [9.17, 15) is 0 Å². The zero-order chi connectivity index (χ0) is 7.10. The van der Waals surface area contributed by atoms with E-state index in [4.69, 9.17) is 0 Å². The average molecular weight is 148 g/mol. The Bertz CT molecular complexity index is 212. The van der Waals surface area contributed by atoms with Crippen molar-refractivity contribution in [2.45, 2.75) is 44.9 Å². The minimum atomic E-state index is 0.980. The van der Waals surface area contributed by atoms with Gasteiger partial charge in [0.2, 0.25) is 0 Å². The van der Waals surface area contributed by atoms with Crippen molar-refractivity contribution in [3.05, 3.63) is 0 Å². The fraction of sp³-hybridized carbons (Fsp3) is 1.00.